The zero-order valence-corrected chi connectivity index (χ0v) is 11.4. The Kier molecular flexibility index (Phi) is 3.34. The SMILES string of the molecule is O=C1CN(c2ccc(-c3cc(C(=O)O)[nH]n3)cc2)CC(=O)N1. The van der Waals surface area contributed by atoms with Crippen LogP contribution in [0.2, 0.25) is 0 Å². The molecule has 0 aliphatic carbocycles. The Morgan fingerprint density at radius 2 is 1.77 bits per heavy atom. The lowest BCUT2D eigenvalue weighted by Gasteiger charge is -2.27. The second kappa shape index (κ2) is 5.32. The highest BCUT2D eigenvalue weighted by atomic mass is 16.4. The number of benzene rings is 1. The number of piperazine rings is 1. The first-order valence-electron chi connectivity index (χ1n) is 6.50. The Labute approximate surface area is 124 Å². The van der Waals surface area contributed by atoms with Gasteiger partial charge in [0.2, 0.25) is 11.8 Å². The smallest absolute Gasteiger partial charge is 0.353 e. The summed E-state index contributed by atoms with van der Waals surface area (Å²) in [6.45, 7) is 0.243. The van der Waals surface area contributed by atoms with E-state index < -0.39 is 5.97 Å². The second-order valence-corrected chi connectivity index (χ2v) is 4.85. The summed E-state index contributed by atoms with van der Waals surface area (Å²) in [5.41, 5.74) is 2.00. The van der Waals surface area contributed by atoms with Crippen molar-refractivity contribution in [2.45, 2.75) is 0 Å². The van der Waals surface area contributed by atoms with Crippen LogP contribution in [0, 0.1) is 0 Å². The molecule has 8 nitrogen and oxygen atoms in total. The zero-order chi connectivity index (χ0) is 15.7. The number of amides is 2. The van der Waals surface area contributed by atoms with E-state index in [4.69, 9.17) is 5.11 Å². The van der Waals surface area contributed by atoms with Crippen molar-refractivity contribution in [3.05, 3.63) is 36.0 Å². The van der Waals surface area contributed by atoms with Gasteiger partial charge in [0.05, 0.1) is 18.8 Å². The molecule has 0 radical (unpaired) electrons. The molecule has 112 valence electrons. The van der Waals surface area contributed by atoms with Gasteiger partial charge in [0.25, 0.3) is 0 Å². The van der Waals surface area contributed by atoms with Crippen molar-refractivity contribution in [3.63, 3.8) is 0 Å². The predicted molar refractivity (Wildman–Crippen MR) is 76.3 cm³/mol. The Hall–Kier alpha value is -3.16. The molecule has 0 atom stereocenters. The van der Waals surface area contributed by atoms with E-state index in [9.17, 15) is 14.4 Å². The molecule has 3 rings (SSSR count). The number of anilines is 1. The van der Waals surface area contributed by atoms with Crippen LogP contribution in [0.5, 0.6) is 0 Å². The molecule has 1 saturated heterocycles. The molecule has 0 bridgehead atoms. The normalized spacial score (nSPS) is 14.8. The molecule has 1 aromatic heterocycles. The maximum atomic E-state index is 11.4. The van der Waals surface area contributed by atoms with Crippen LogP contribution in [0.25, 0.3) is 11.3 Å². The molecule has 1 aliphatic rings. The Morgan fingerprint density at radius 1 is 1.14 bits per heavy atom. The molecular formula is C14H12N4O4. The molecule has 1 fully saturated rings. The lowest BCUT2D eigenvalue weighted by Crippen LogP contribution is -2.51. The third-order valence-corrected chi connectivity index (χ3v) is 3.28. The number of imide groups is 1. The van der Waals surface area contributed by atoms with Crippen molar-refractivity contribution in [1.29, 1.82) is 0 Å². The number of hydrogen-bond donors (Lipinski definition) is 3. The fourth-order valence-electron chi connectivity index (χ4n) is 2.24. The van der Waals surface area contributed by atoms with Crippen molar-refractivity contribution in [2.24, 2.45) is 0 Å². The summed E-state index contributed by atoms with van der Waals surface area (Å²) in [6, 6.07) is 8.48. The standard InChI is InChI=1S/C14H12N4O4/c19-12-6-18(7-13(20)15-12)9-3-1-8(2-4-9)10-5-11(14(21)22)17-16-10/h1-5H,6-7H2,(H,16,17)(H,21,22)(H,15,19,20). The highest BCUT2D eigenvalue weighted by molar-refractivity contribution is 6.02. The van der Waals surface area contributed by atoms with E-state index in [1.165, 1.54) is 6.07 Å². The number of aromatic carboxylic acids is 1. The van der Waals surface area contributed by atoms with Crippen LogP contribution in [0.15, 0.2) is 30.3 Å². The summed E-state index contributed by atoms with van der Waals surface area (Å²) < 4.78 is 0. The maximum Gasteiger partial charge on any atom is 0.353 e. The van der Waals surface area contributed by atoms with E-state index in [1.54, 1.807) is 29.2 Å². The Bertz CT molecular complexity index is 734. The molecule has 2 aromatic rings. The van der Waals surface area contributed by atoms with Crippen molar-refractivity contribution in [1.82, 2.24) is 15.5 Å². The molecule has 1 aromatic carbocycles. The lowest BCUT2D eigenvalue weighted by atomic mass is 10.1. The second-order valence-electron chi connectivity index (χ2n) is 4.85. The van der Waals surface area contributed by atoms with Crippen molar-refractivity contribution >= 4 is 23.5 Å². The molecule has 2 amide bonds. The van der Waals surface area contributed by atoms with Gasteiger partial charge in [0.15, 0.2) is 0 Å². The number of aromatic nitrogens is 2. The minimum atomic E-state index is -1.08. The number of carbonyl (C=O) groups excluding carboxylic acids is 2. The number of carboxylic acids is 1. The first-order chi connectivity index (χ1) is 10.5. The van der Waals surface area contributed by atoms with Crippen molar-refractivity contribution in [3.8, 4) is 11.3 Å². The van der Waals surface area contributed by atoms with Crippen LogP contribution >= 0.6 is 0 Å². The van der Waals surface area contributed by atoms with Crippen LogP contribution in [0.3, 0.4) is 0 Å². The third kappa shape index (κ3) is 2.66. The average molecular weight is 300 g/mol. The summed E-state index contributed by atoms with van der Waals surface area (Å²) in [7, 11) is 0. The third-order valence-electron chi connectivity index (χ3n) is 3.28. The van der Waals surface area contributed by atoms with Gasteiger partial charge >= 0.3 is 5.97 Å². The van der Waals surface area contributed by atoms with Crippen LogP contribution in [0.1, 0.15) is 10.5 Å². The molecule has 2 heterocycles. The summed E-state index contributed by atoms with van der Waals surface area (Å²) in [5, 5.41) is 17.5. The highest BCUT2D eigenvalue weighted by Gasteiger charge is 2.22. The quantitative estimate of drug-likeness (QED) is 0.699. The van der Waals surface area contributed by atoms with Crippen molar-refractivity contribution in [2.75, 3.05) is 18.0 Å². The van der Waals surface area contributed by atoms with Gasteiger partial charge in [-0.25, -0.2) is 4.79 Å². The predicted octanol–water partition coefficient (Wildman–Crippen LogP) is 0.238. The van der Waals surface area contributed by atoms with Gasteiger partial charge in [0, 0.05) is 11.3 Å². The molecule has 0 saturated carbocycles. The van der Waals surface area contributed by atoms with Gasteiger partial charge in [-0.05, 0) is 18.2 Å². The number of hydrogen-bond acceptors (Lipinski definition) is 5. The highest BCUT2D eigenvalue weighted by Crippen LogP contribution is 2.22. The first kappa shape index (κ1) is 13.8. The number of rotatable bonds is 3. The zero-order valence-electron chi connectivity index (χ0n) is 11.4. The van der Waals surface area contributed by atoms with E-state index in [2.05, 4.69) is 15.5 Å². The molecule has 22 heavy (non-hydrogen) atoms. The van der Waals surface area contributed by atoms with Gasteiger partial charge in [-0.3, -0.25) is 20.0 Å². The molecular weight excluding hydrogens is 288 g/mol. The van der Waals surface area contributed by atoms with Gasteiger partial charge in [-0.15, -0.1) is 0 Å². The van der Waals surface area contributed by atoms with E-state index in [1.807, 2.05) is 0 Å². The minimum Gasteiger partial charge on any atom is -0.477 e. The summed E-state index contributed by atoms with van der Waals surface area (Å²) >= 11 is 0. The summed E-state index contributed by atoms with van der Waals surface area (Å²) in [6.07, 6.45) is 0. The van der Waals surface area contributed by atoms with Gasteiger partial charge in [0.1, 0.15) is 5.69 Å². The van der Waals surface area contributed by atoms with E-state index in [0.29, 0.717) is 5.69 Å². The fourth-order valence-corrected chi connectivity index (χ4v) is 2.24. The number of H-pyrrole nitrogens is 1. The summed E-state index contributed by atoms with van der Waals surface area (Å²) in [5.74, 6) is -1.74. The van der Waals surface area contributed by atoms with Crippen LogP contribution < -0.4 is 10.2 Å². The molecule has 0 unspecified atom stereocenters. The van der Waals surface area contributed by atoms with Gasteiger partial charge < -0.3 is 10.0 Å². The van der Waals surface area contributed by atoms with Crippen molar-refractivity contribution < 1.29 is 19.5 Å². The largest absolute Gasteiger partial charge is 0.477 e. The average Bonchev–Trinajstić information content (AvgIpc) is 2.96. The van der Waals surface area contributed by atoms with Crippen LogP contribution in [-0.2, 0) is 9.59 Å². The molecule has 1 aliphatic heterocycles. The molecule has 0 spiro atoms. The number of nitrogens with zero attached hydrogens (tertiary/aromatic N) is 2. The number of carboxylic acid groups (broad SMARTS) is 1. The van der Waals surface area contributed by atoms with Crippen LogP contribution in [-0.4, -0.2) is 46.2 Å². The van der Waals surface area contributed by atoms with E-state index >= 15 is 0 Å². The lowest BCUT2D eigenvalue weighted by molar-refractivity contribution is -0.130. The molecule has 8 heteroatoms. The monoisotopic (exact) mass is 300 g/mol. The summed E-state index contributed by atoms with van der Waals surface area (Å²) in [4.78, 5) is 35.2. The van der Waals surface area contributed by atoms with Gasteiger partial charge in [-0.2, -0.15) is 5.10 Å². The number of aromatic amines is 1. The number of nitrogens with one attached hydrogen (secondary N) is 2. The molecule has 3 N–H and O–H groups in total. The minimum absolute atomic E-state index is 0.0115. The maximum absolute atomic E-state index is 11.4. The van der Waals surface area contributed by atoms with E-state index in [0.717, 1.165) is 11.3 Å². The number of carbonyl (C=O) groups is 3. The van der Waals surface area contributed by atoms with Gasteiger partial charge in [-0.1, -0.05) is 12.1 Å². The van der Waals surface area contributed by atoms with Crippen LogP contribution in [0.4, 0.5) is 5.69 Å². The Balaban J connectivity index is 1.81. The first-order valence-corrected chi connectivity index (χ1v) is 6.50. The topological polar surface area (TPSA) is 115 Å². The Morgan fingerprint density at radius 3 is 2.32 bits per heavy atom. The fraction of sp³-hybridized carbons (Fsp3) is 0.143. The van der Waals surface area contributed by atoms with E-state index in [-0.39, 0.29) is 30.6 Å².